The standard InChI is InChI=1S/C15H22N2O3/c1-11(2)10-13(19)17-14(15(20)16-8-9-18)12-6-4-3-5-7-12/h3-7,11,14,18H,8-10H2,1-2H3,(H,16,20)(H,17,19). The van der Waals surface area contributed by atoms with Crippen LogP contribution in [0.1, 0.15) is 31.9 Å². The molecule has 0 aliphatic carbocycles. The van der Waals surface area contributed by atoms with Gasteiger partial charge in [-0.05, 0) is 11.5 Å². The maximum atomic E-state index is 12.1. The van der Waals surface area contributed by atoms with Gasteiger partial charge < -0.3 is 15.7 Å². The lowest BCUT2D eigenvalue weighted by Gasteiger charge is -2.19. The Kier molecular flexibility index (Phi) is 6.73. The Morgan fingerprint density at radius 3 is 2.40 bits per heavy atom. The fourth-order valence-electron chi connectivity index (χ4n) is 1.82. The molecule has 1 aromatic rings. The Balaban J connectivity index is 2.79. The number of carbonyl (C=O) groups is 2. The first-order valence-electron chi connectivity index (χ1n) is 6.77. The summed E-state index contributed by atoms with van der Waals surface area (Å²) in [6.07, 6.45) is 0.372. The monoisotopic (exact) mass is 278 g/mol. The van der Waals surface area contributed by atoms with Crippen LogP contribution in [0.4, 0.5) is 0 Å². The molecule has 1 rings (SSSR count). The summed E-state index contributed by atoms with van der Waals surface area (Å²) in [6.45, 7) is 3.93. The molecule has 0 heterocycles. The van der Waals surface area contributed by atoms with Crippen molar-refractivity contribution in [2.75, 3.05) is 13.2 Å². The Morgan fingerprint density at radius 1 is 1.20 bits per heavy atom. The molecule has 0 saturated heterocycles. The zero-order valence-electron chi connectivity index (χ0n) is 11.9. The first-order valence-corrected chi connectivity index (χ1v) is 6.77. The second kappa shape index (κ2) is 8.32. The maximum absolute atomic E-state index is 12.1. The quantitative estimate of drug-likeness (QED) is 0.696. The summed E-state index contributed by atoms with van der Waals surface area (Å²) in [4.78, 5) is 24.0. The van der Waals surface area contributed by atoms with Crippen LogP contribution in [-0.4, -0.2) is 30.1 Å². The van der Waals surface area contributed by atoms with E-state index in [2.05, 4.69) is 10.6 Å². The van der Waals surface area contributed by atoms with Crippen LogP contribution in [0.3, 0.4) is 0 Å². The third-order valence-electron chi connectivity index (χ3n) is 2.71. The second-order valence-electron chi connectivity index (χ2n) is 5.02. The van der Waals surface area contributed by atoms with Crippen molar-refractivity contribution in [1.29, 1.82) is 0 Å². The highest BCUT2D eigenvalue weighted by molar-refractivity contribution is 5.88. The number of amides is 2. The van der Waals surface area contributed by atoms with E-state index in [0.29, 0.717) is 6.42 Å². The predicted octanol–water partition coefficient (Wildman–Crippen LogP) is 0.998. The lowest BCUT2D eigenvalue weighted by molar-refractivity contribution is -0.129. The molecule has 1 unspecified atom stereocenters. The van der Waals surface area contributed by atoms with Crippen LogP contribution in [0.15, 0.2) is 30.3 Å². The van der Waals surface area contributed by atoms with Gasteiger partial charge in [0.2, 0.25) is 11.8 Å². The molecule has 5 nitrogen and oxygen atoms in total. The molecule has 0 aromatic heterocycles. The smallest absolute Gasteiger partial charge is 0.247 e. The number of hydrogen-bond acceptors (Lipinski definition) is 3. The summed E-state index contributed by atoms with van der Waals surface area (Å²) in [6, 6.07) is 8.33. The van der Waals surface area contributed by atoms with Gasteiger partial charge in [-0.25, -0.2) is 0 Å². The van der Waals surface area contributed by atoms with Gasteiger partial charge in [-0.2, -0.15) is 0 Å². The van der Waals surface area contributed by atoms with Gasteiger partial charge in [0.15, 0.2) is 0 Å². The molecular formula is C15H22N2O3. The molecule has 0 radical (unpaired) electrons. The lowest BCUT2D eigenvalue weighted by atomic mass is 10.0. The fourth-order valence-corrected chi connectivity index (χ4v) is 1.82. The molecule has 0 spiro atoms. The van der Waals surface area contributed by atoms with Gasteiger partial charge in [0.25, 0.3) is 0 Å². The molecule has 0 aliphatic rings. The van der Waals surface area contributed by atoms with Crippen molar-refractivity contribution in [3.05, 3.63) is 35.9 Å². The predicted molar refractivity (Wildman–Crippen MR) is 76.9 cm³/mol. The van der Waals surface area contributed by atoms with E-state index in [1.165, 1.54) is 0 Å². The normalized spacial score (nSPS) is 12.0. The second-order valence-corrected chi connectivity index (χ2v) is 5.02. The number of aliphatic hydroxyl groups is 1. The topological polar surface area (TPSA) is 78.4 Å². The number of hydrogen-bond donors (Lipinski definition) is 3. The van der Waals surface area contributed by atoms with Crippen LogP contribution in [0.2, 0.25) is 0 Å². The average molecular weight is 278 g/mol. The first kappa shape index (κ1) is 16.2. The fraction of sp³-hybridized carbons (Fsp3) is 0.467. The summed E-state index contributed by atoms with van der Waals surface area (Å²) >= 11 is 0. The molecule has 2 amide bonds. The van der Waals surface area contributed by atoms with Crippen molar-refractivity contribution in [1.82, 2.24) is 10.6 Å². The van der Waals surface area contributed by atoms with Crippen LogP contribution >= 0.6 is 0 Å². The van der Waals surface area contributed by atoms with E-state index in [1.807, 2.05) is 32.0 Å². The van der Waals surface area contributed by atoms with Gasteiger partial charge in [0, 0.05) is 13.0 Å². The molecule has 0 fully saturated rings. The minimum atomic E-state index is -0.728. The number of rotatable bonds is 7. The Morgan fingerprint density at radius 2 is 1.85 bits per heavy atom. The molecule has 0 bridgehead atoms. The number of carbonyl (C=O) groups excluding carboxylic acids is 2. The van der Waals surface area contributed by atoms with Crippen molar-refractivity contribution in [2.45, 2.75) is 26.3 Å². The maximum Gasteiger partial charge on any atom is 0.247 e. The van der Waals surface area contributed by atoms with E-state index >= 15 is 0 Å². The Labute approximate surface area is 119 Å². The molecule has 1 aromatic carbocycles. The molecule has 0 aliphatic heterocycles. The van der Waals surface area contributed by atoms with Crippen LogP contribution < -0.4 is 10.6 Å². The van der Waals surface area contributed by atoms with E-state index in [0.717, 1.165) is 5.56 Å². The minimum absolute atomic E-state index is 0.132. The molecule has 20 heavy (non-hydrogen) atoms. The first-order chi connectivity index (χ1) is 9.54. The van der Waals surface area contributed by atoms with Crippen LogP contribution in [0, 0.1) is 5.92 Å². The molecule has 0 saturated carbocycles. The van der Waals surface area contributed by atoms with E-state index in [4.69, 9.17) is 5.11 Å². The number of benzene rings is 1. The van der Waals surface area contributed by atoms with Crippen molar-refractivity contribution < 1.29 is 14.7 Å². The van der Waals surface area contributed by atoms with Crippen molar-refractivity contribution >= 4 is 11.8 Å². The van der Waals surface area contributed by atoms with Crippen molar-refractivity contribution in [3.63, 3.8) is 0 Å². The molecule has 110 valence electrons. The van der Waals surface area contributed by atoms with Gasteiger partial charge in [0.1, 0.15) is 6.04 Å². The van der Waals surface area contributed by atoms with Crippen molar-refractivity contribution in [3.8, 4) is 0 Å². The summed E-state index contributed by atoms with van der Waals surface area (Å²) in [5, 5.41) is 14.1. The average Bonchev–Trinajstić information content (AvgIpc) is 2.42. The Hall–Kier alpha value is -1.88. The SMILES string of the molecule is CC(C)CC(=O)NC(C(=O)NCCO)c1ccccc1. The van der Waals surface area contributed by atoms with Gasteiger partial charge >= 0.3 is 0 Å². The zero-order chi connectivity index (χ0) is 15.0. The Bertz CT molecular complexity index is 432. The molecule has 1 atom stereocenters. The highest BCUT2D eigenvalue weighted by Crippen LogP contribution is 2.13. The van der Waals surface area contributed by atoms with E-state index in [1.54, 1.807) is 12.1 Å². The van der Waals surface area contributed by atoms with Gasteiger partial charge in [-0.3, -0.25) is 9.59 Å². The minimum Gasteiger partial charge on any atom is -0.395 e. The zero-order valence-corrected chi connectivity index (χ0v) is 11.9. The third kappa shape index (κ3) is 5.40. The highest BCUT2D eigenvalue weighted by atomic mass is 16.3. The van der Waals surface area contributed by atoms with Crippen LogP contribution in [-0.2, 0) is 9.59 Å². The van der Waals surface area contributed by atoms with Crippen LogP contribution in [0.25, 0.3) is 0 Å². The number of nitrogens with one attached hydrogen (secondary N) is 2. The molecule has 3 N–H and O–H groups in total. The summed E-state index contributed by atoms with van der Waals surface area (Å²) in [5.74, 6) is -0.248. The van der Waals surface area contributed by atoms with E-state index < -0.39 is 6.04 Å². The number of aliphatic hydroxyl groups excluding tert-OH is 1. The van der Waals surface area contributed by atoms with E-state index in [-0.39, 0.29) is 30.9 Å². The highest BCUT2D eigenvalue weighted by Gasteiger charge is 2.22. The largest absolute Gasteiger partial charge is 0.395 e. The molecule has 5 heteroatoms. The summed E-state index contributed by atoms with van der Waals surface area (Å²) in [7, 11) is 0. The summed E-state index contributed by atoms with van der Waals surface area (Å²) < 4.78 is 0. The summed E-state index contributed by atoms with van der Waals surface area (Å²) in [5.41, 5.74) is 0.722. The van der Waals surface area contributed by atoms with E-state index in [9.17, 15) is 9.59 Å². The lowest BCUT2D eigenvalue weighted by Crippen LogP contribution is -2.41. The van der Waals surface area contributed by atoms with Gasteiger partial charge in [-0.1, -0.05) is 44.2 Å². The third-order valence-corrected chi connectivity index (χ3v) is 2.71. The van der Waals surface area contributed by atoms with Gasteiger partial charge in [0.05, 0.1) is 6.61 Å². The van der Waals surface area contributed by atoms with Crippen LogP contribution in [0.5, 0.6) is 0 Å². The van der Waals surface area contributed by atoms with Crippen molar-refractivity contribution in [2.24, 2.45) is 5.92 Å². The van der Waals surface area contributed by atoms with Gasteiger partial charge in [-0.15, -0.1) is 0 Å². The molecular weight excluding hydrogens is 256 g/mol.